The molecule has 0 aliphatic rings. The van der Waals surface area contributed by atoms with Gasteiger partial charge in [0.25, 0.3) is 0 Å². The van der Waals surface area contributed by atoms with Gasteiger partial charge in [0, 0.05) is 37.9 Å². The average Bonchev–Trinajstić information content (AvgIpc) is 2.64. The van der Waals surface area contributed by atoms with Gasteiger partial charge >= 0.3 is 0 Å². The second kappa shape index (κ2) is 10.0. The number of hydrogen-bond donors (Lipinski definition) is 0. The number of anilines is 1. The maximum atomic E-state index is 12.9. The van der Waals surface area contributed by atoms with Gasteiger partial charge in [-0.2, -0.15) is 0 Å². The first-order valence-corrected chi connectivity index (χ1v) is 9.28. The van der Waals surface area contributed by atoms with Crippen molar-refractivity contribution in [3.8, 4) is 0 Å². The van der Waals surface area contributed by atoms with E-state index in [1.807, 2.05) is 63.6 Å². The van der Waals surface area contributed by atoms with E-state index in [4.69, 9.17) is 0 Å². The molecule has 0 aromatic heterocycles. The lowest BCUT2D eigenvalue weighted by Crippen LogP contribution is -2.29. The molecule has 0 fully saturated rings. The summed E-state index contributed by atoms with van der Waals surface area (Å²) in [7, 11) is 10.2. The molecule has 0 amide bonds. The first-order chi connectivity index (χ1) is 12.9. The van der Waals surface area contributed by atoms with Crippen molar-refractivity contribution in [2.75, 3.05) is 53.2 Å². The lowest BCUT2D eigenvalue weighted by Gasteiger charge is -2.23. The fraction of sp³-hybridized carbons (Fsp3) is 0.348. The summed E-state index contributed by atoms with van der Waals surface area (Å²) in [5.74, 6) is 0.0296. The van der Waals surface area contributed by atoms with E-state index in [1.54, 1.807) is 6.08 Å². The Morgan fingerprint density at radius 2 is 1.52 bits per heavy atom. The Balaban J connectivity index is 2.21. The molecule has 0 spiro atoms. The van der Waals surface area contributed by atoms with Gasteiger partial charge in [-0.25, -0.2) is 0 Å². The first-order valence-electron chi connectivity index (χ1n) is 9.28. The molecule has 0 atom stereocenters. The van der Waals surface area contributed by atoms with Crippen LogP contribution in [0.3, 0.4) is 0 Å². The normalized spacial score (nSPS) is 11.5. The van der Waals surface area contributed by atoms with Crippen LogP contribution in [0.4, 0.5) is 5.69 Å². The van der Waals surface area contributed by atoms with Crippen LogP contribution in [0, 0.1) is 0 Å². The lowest BCUT2D eigenvalue weighted by molar-refractivity contribution is 0.104. The van der Waals surface area contributed by atoms with Gasteiger partial charge in [0.05, 0.1) is 0 Å². The molecule has 0 N–H and O–H groups in total. The minimum Gasteiger partial charge on any atom is -0.373 e. The maximum Gasteiger partial charge on any atom is 0.187 e. The third-order valence-corrected chi connectivity index (χ3v) is 4.42. The zero-order valence-corrected chi connectivity index (χ0v) is 17.1. The van der Waals surface area contributed by atoms with Crippen molar-refractivity contribution in [3.05, 3.63) is 71.3 Å². The first kappa shape index (κ1) is 20.9. The Hall–Kier alpha value is -2.43. The van der Waals surface area contributed by atoms with Crippen LogP contribution in [0.25, 0.3) is 6.08 Å². The molecular weight excluding hydrogens is 334 g/mol. The fourth-order valence-corrected chi connectivity index (χ4v) is 2.92. The number of ketones is 1. The third kappa shape index (κ3) is 6.35. The van der Waals surface area contributed by atoms with Gasteiger partial charge < -0.3 is 14.7 Å². The smallest absolute Gasteiger partial charge is 0.187 e. The van der Waals surface area contributed by atoms with E-state index in [9.17, 15) is 4.79 Å². The summed E-state index contributed by atoms with van der Waals surface area (Å²) in [4.78, 5) is 19.3. The van der Waals surface area contributed by atoms with Crippen LogP contribution >= 0.6 is 0 Å². The second-order valence-corrected chi connectivity index (χ2v) is 7.38. The molecular formula is C23H31N3O. The van der Waals surface area contributed by atoms with E-state index in [-0.39, 0.29) is 5.78 Å². The summed E-state index contributed by atoms with van der Waals surface area (Å²) >= 11 is 0. The molecule has 0 saturated heterocycles. The number of hydrogen-bond acceptors (Lipinski definition) is 4. The van der Waals surface area contributed by atoms with Crippen LogP contribution in [0.5, 0.6) is 0 Å². The van der Waals surface area contributed by atoms with E-state index < -0.39 is 0 Å². The van der Waals surface area contributed by atoms with Crippen molar-refractivity contribution in [3.63, 3.8) is 0 Å². The quantitative estimate of drug-likeness (QED) is 0.501. The molecule has 0 saturated carbocycles. The molecule has 0 heterocycles. The Kier molecular flexibility index (Phi) is 7.77. The Bertz CT molecular complexity index is 781. The summed E-state index contributed by atoms with van der Waals surface area (Å²) in [6, 6.07) is 16.0. The highest BCUT2D eigenvalue weighted by Crippen LogP contribution is 2.21. The highest BCUT2D eigenvalue weighted by atomic mass is 16.1. The largest absolute Gasteiger partial charge is 0.373 e. The summed E-state index contributed by atoms with van der Waals surface area (Å²) in [5, 5.41) is 0. The Morgan fingerprint density at radius 3 is 2.22 bits per heavy atom. The monoisotopic (exact) mass is 365 g/mol. The van der Waals surface area contributed by atoms with E-state index in [1.165, 1.54) is 5.56 Å². The second-order valence-electron chi connectivity index (χ2n) is 7.38. The number of rotatable bonds is 9. The van der Waals surface area contributed by atoms with Crippen molar-refractivity contribution in [2.45, 2.75) is 6.54 Å². The van der Waals surface area contributed by atoms with Gasteiger partial charge in [-0.15, -0.1) is 0 Å². The van der Waals surface area contributed by atoms with E-state index >= 15 is 0 Å². The fourth-order valence-electron chi connectivity index (χ4n) is 2.92. The molecule has 0 radical (unpaired) electrons. The molecule has 144 valence electrons. The molecule has 27 heavy (non-hydrogen) atoms. The number of para-hydroxylation sites is 1. The molecule has 4 heteroatoms. The SMILES string of the molecule is CN(C)CCN(C)c1ccccc1C(=O)/C=C/c1ccccc1CN(C)C. The van der Waals surface area contributed by atoms with Gasteiger partial charge in [-0.1, -0.05) is 42.5 Å². The summed E-state index contributed by atoms with van der Waals surface area (Å²) in [5.41, 5.74) is 4.00. The van der Waals surface area contributed by atoms with Gasteiger partial charge in [0.15, 0.2) is 5.78 Å². The number of nitrogens with zero attached hydrogens (tertiary/aromatic N) is 3. The van der Waals surface area contributed by atoms with Gasteiger partial charge in [0.2, 0.25) is 0 Å². The Labute approximate surface area is 163 Å². The number of likely N-dealkylation sites (N-methyl/N-ethyl adjacent to an activating group) is 2. The number of benzene rings is 2. The molecule has 4 nitrogen and oxygen atoms in total. The van der Waals surface area contributed by atoms with Gasteiger partial charge in [-0.3, -0.25) is 4.79 Å². The maximum absolute atomic E-state index is 12.9. The molecule has 2 rings (SSSR count). The van der Waals surface area contributed by atoms with Crippen molar-refractivity contribution in [1.29, 1.82) is 0 Å². The summed E-state index contributed by atoms with van der Waals surface area (Å²) in [6.45, 7) is 2.65. The molecule has 0 aliphatic carbocycles. The molecule has 0 bridgehead atoms. The Morgan fingerprint density at radius 1 is 0.852 bits per heavy atom. The minimum absolute atomic E-state index is 0.0296. The highest BCUT2D eigenvalue weighted by Gasteiger charge is 2.12. The molecule has 0 aliphatic heterocycles. The van der Waals surface area contributed by atoms with Crippen LogP contribution < -0.4 is 4.90 Å². The highest BCUT2D eigenvalue weighted by molar-refractivity contribution is 6.10. The van der Waals surface area contributed by atoms with Crippen LogP contribution in [-0.2, 0) is 6.54 Å². The lowest BCUT2D eigenvalue weighted by atomic mass is 10.0. The predicted octanol–water partition coefficient (Wildman–Crippen LogP) is 3.64. The average molecular weight is 366 g/mol. The van der Waals surface area contributed by atoms with Crippen LogP contribution in [-0.4, -0.2) is 63.9 Å². The van der Waals surface area contributed by atoms with Crippen LogP contribution in [0.2, 0.25) is 0 Å². The number of allylic oxidation sites excluding steroid dienone is 1. The zero-order valence-electron chi connectivity index (χ0n) is 17.1. The van der Waals surface area contributed by atoms with Crippen LogP contribution in [0.1, 0.15) is 21.5 Å². The standard InChI is InChI=1S/C23H31N3O/c1-24(2)16-17-26(5)22-13-9-8-12-21(22)23(27)15-14-19-10-6-7-11-20(19)18-25(3)4/h6-15H,16-18H2,1-5H3/b15-14+. The van der Waals surface area contributed by atoms with Gasteiger partial charge in [-0.05, 0) is 57.5 Å². The predicted molar refractivity (Wildman–Crippen MR) is 115 cm³/mol. The zero-order chi connectivity index (χ0) is 19.8. The van der Waals surface area contributed by atoms with Crippen molar-refractivity contribution in [2.24, 2.45) is 0 Å². The number of carbonyl (C=O) groups is 1. The molecule has 0 unspecified atom stereocenters. The summed E-state index contributed by atoms with van der Waals surface area (Å²) < 4.78 is 0. The number of carbonyl (C=O) groups excluding carboxylic acids is 1. The molecule has 2 aromatic rings. The minimum atomic E-state index is 0.0296. The van der Waals surface area contributed by atoms with E-state index in [0.29, 0.717) is 0 Å². The summed E-state index contributed by atoms with van der Waals surface area (Å²) in [6.07, 6.45) is 3.62. The van der Waals surface area contributed by atoms with E-state index in [0.717, 1.165) is 36.4 Å². The van der Waals surface area contributed by atoms with Crippen LogP contribution in [0.15, 0.2) is 54.6 Å². The third-order valence-electron chi connectivity index (χ3n) is 4.42. The molecule has 2 aromatic carbocycles. The van der Waals surface area contributed by atoms with Crippen molar-refractivity contribution in [1.82, 2.24) is 9.80 Å². The topological polar surface area (TPSA) is 26.8 Å². The van der Waals surface area contributed by atoms with E-state index in [2.05, 4.69) is 40.9 Å². The van der Waals surface area contributed by atoms with Gasteiger partial charge in [0.1, 0.15) is 0 Å². The van der Waals surface area contributed by atoms with Crippen molar-refractivity contribution < 1.29 is 4.79 Å². The van der Waals surface area contributed by atoms with Crippen molar-refractivity contribution >= 4 is 17.5 Å².